The van der Waals surface area contributed by atoms with Crippen molar-refractivity contribution in [2.24, 2.45) is 7.05 Å². The first-order chi connectivity index (χ1) is 17.5. The third-order valence-electron chi connectivity index (χ3n) is 5.31. The van der Waals surface area contributed by atoms with E-state index in [0.717, 1.165) is 73.3 Å². The van der Waals surface area contributed by atoms with Gasteiger partial charge in [0.05, 0.1) is 5.39 Å². The molecule has 1 aliphatic rings. The van der Waals surface area contributed by atoms with Gasteiger partial charge in [-0.15, -0.1) is 0 Å². The third kappa shape index (κ3) is 9.35. The molecule has 37 heavy (non-hydrogen) atoms. The van der Waals surface area contributed by atoms with E-state index in [9.17, 15) is 0 Å². The molecule has 206 valence electrons. The number of nitrogens with zero attached hydrogens (tertiary/aromatic N) is 6. The summed E-state index contributed by atoms with van der Waals surface area (Å²) in [5.41, 5.74) is 2.17. The van der Waals surface area contributed by atoms with E-state index in [2.05, 4.69) is 110 Å². The number of aryl methyl sites for hydroxylation is 1. The normalized spacial score (nSPS) is 12.2. The predicted molar refractivity (Wildman–Crippen MR) is 168 cm³/mol. The van der Waals surface area contributed by atoms with Gasteiger partial charge in [0.15, 0.2) is 0 Å². The summed E-state index contributed by atoms with van der Waals surface area (Å²) in [6.45, 7) is 13.6. The largest absolute Gasteiger partial charge is 0.373 e. The van der Waals surface area contributed by atoms with Crippen molar-refractivity contribution in [1.82, 2.24) is 24.5 Å². The number of fused-ring (bicyclic) bond motifs is 2. The van der Waals surface area contributed by atoms with Gasteiger partial charge in [-0.05, 0) is 25.3 Å². The molecule has 10 nitrogen and oxygen atoms in total. The molecule has 0 atom stereocenters. The Kier molecular flexibility index (Phi) is 11.9. The molecule has 0 radical (unpaired) electrons. The molecule has 3 aromatic heterocycles. The van der Waals surface area contributed by atoms with E-state index in [4.69, 9.17) is 0 Å². The molecule has 4 heterocycles. The van der Waals surface area contributed by atoms with E-state index < -0.39 is 0 Å². The number of hydrogen-bond donors (Lipinski definition) is 4. The van der Waals surface area contributed by atoms with Crippen LogP contribution in [0.4, 0.5) is 29.4 Å². The Balaban J connectivity index is 0.000000221. The minimum Gasteiger partial charge on any atom is -0.373 e. The zero-order chi connectivity index (χ0) is 27.6. The molecule has 0 bridgehead atoms. The molecule has 3 aromatic rings. The number of nitrogens with one attached hydrogen (secondary N) is 4. The smallest absolute Gasteiger partial charge is 0.226 e. The maximum atomic E-state index is 4.54. The average molecular weight is 625 g/mol. The molecule has 4 rings (SSSR count). The van der Waals surface area contributed by atoms with Crippen molar-refractivity contribution in [3.8, 4) is 0 Å². The minimum atomic E-state index is 0.470. The summed E-state index contributed by atoms with van der Waals surface area (Å²) in [6, 6.07) is 2.02. The van der Waals surface area contributed by atoms with Crippen molar-refractivity contribution in [1.29, 1.82) is 0 Å². The standard InChI is InChI=1S/C11H19N5.C11H17N5.C4H9I/c2*1-4-6-13-11-14-9(12-2)8-5-7-16(3)10(8)15-11;1-4(2,3)5/h4-7H2,1-3H3,(H2,12,13,14,15);5,7H,4,6H2,1-3H3,(H2,12,13,14,15);1-3H3. The number of alkyl halides is 1. The topological polar surface area (TPSA) is 108 Å². The van der Waals surface area contributed by atoms with Crippen LogP contribution in [0.25, 0.3) is 11.0 Å². The molecule has 0 spiro atoms. The van der Waals surface area contributed by atoms with Crippen molar-refractivity contribution in [3.05, 3.63) is 17.8 Å². The van der Waals surface area contributed by atoms with Gasteiger partial charge in [0.2, 0.25) is 11.9 Å². The monoisotopic (exact) mass is 624 g/mol. The fraction of sp³-hybridized carbons (Fsp3) is 0.615. The number of anilines is 5. The fourth-order valence-corrected chi connectivity index (χ4v) is 3.57. The van der Waals surface area contributed by atoms with E-state index >= 15 is 0 Å². The first-order valence-electron chi connectivity index (χ1n) is 13.0. The lowest BCUT2D eigenvalue weighted by Crippen LogP contribution is -2.15. The summed E-state index contributed by atoms with van der Waals surface area (Å²) in [5.74, 6) is 4.27. The highest BCUT2D eigenvalue weighted by molar-refractivity contribution is 14.1. The molecular weight excluding hydrogens is 579 g/mol. The molecule has 11 heteroatoms. The van der Waals surface area contributed by atoms with Crippen LogP contribution in [0.2, 0.25) is 0 Å². The second-order valence-corrected chi connectivity index (χ2v) is 13.1. The molecule has 0 amide bonds. The van der Waals surface area contributed by atoms with Gasteiger partial charge < -0.3 is 30.7 Å². The van der Waals surface area contributed by atoms with E-state index in [0.29, 0.717) is 9.37 Å². The van der Waals surface area contributed by atoms with Gasteiger partial charge in [-0.2, -0.15) is 19.9 Å². The quantitative estimate of drug-likeness (QED) is 0.194. The van der Waals surface area contributed by atoms with Crippen molar-refractivity contribution in [3.63, 3.8) is 0 Å². The van der Waals surface area contributed by atoms with Crippen molar-refractivity contribution in [2.75, 3.05) is 66.9 Å². The minimum absolute atomic E-state index is 0.470. The van der Waals surface area contributed by atoms with Crippen LogP contribution in [0.5, 0.6) is 0 Å². The zero-order valence-electron chi connectivity index (χ0n) is 24.0. The van der Waals surface area contributed by atoms with Crippen LogP contribution in [-0.2, 0) is 13.5 Å². The zero-order valence-corrected chi connectivity index (χ0v) is 26.1. The molecule has 4 N–H and O–H groups in total. The number of rotatable bonds is 8. The van der Waals surface area contributed by atoms with E-state index in [-0.39, 0.29) is 0 Å². The summed E-state index contributed by atoms with van der Waals surface area (Å²) in [7, 11) is 7.84. The van der Waals surface area contributed by atoms with Gasteiger partial charge in [-0.25, -0.2) is 0 Å². The van der Waals surface area contributed by atoms with Crippen LogP contribution in [0.15, 0.2) is 12.3 Å². The lowest BCUT2D eigenvalue weighted by molar-refractivity contribution is 0.846. The Labute approximate surface area is 236 Å². The van der Waals surface area contributed by atoms with Gasteiger partial charge in [-0.3, -0.25) is 0 Å². The number of halogens is 1. The highest BCUT2D eigenvalue weighted by Gasteiger charge is 2.22. The lowest BCUT2D eigenvalue weighted by atomic mass is 10.2. The van der Waals surface area contributed by atoms with E-state index in [1.165, 1.54) is 5.56 Å². The summed E-state index contributed by atoms with van der Waals surface area (Å²) in [6.07, 6.45) is 5.15. The van der Waals surface area contributed by atoms with Crippen molar-refractivity contribution < 1.29 is 0 Å². The van der Waals surface area contributed by atoms with Crippen LogP contribution in [-0.4, -0.2) is 68.7 Å². The van der Waals surface area contributed by atoms with Crippen LogP contribution in [0.1, 0.15) is 53.0 Å². The van der Waals surface area contributed by atoms with Crippen molar-refractivity contribution in [2.45, 2.75) is 57.3 Å². The Morgan fingerprint density at radius 1 is 0.892 bits per heavy atom. The van der Waals surface area contributed by atoms with Crippen LogP contribution < -0.4 is 26.2 Å². The van der Waals surface area contributed by atoms with Gasteiger partial charge >= 0.3 is 0 Å². The molecule has 0 saturated carbocycles. The molecular formula is C26H45IN10. The van der Waals surface area contributed by atoms with Crippen LogP contribution in [0.3, 0.4) is 0 Å². The van der Waals surface area contributed by atoms with E-state index in [1.54, 1.807) is 0 Å². The fourth-order valence-electron chi connectivity index (χ4n) is 3.57. The second-order valence-electron chi connectivity index (χ2n) is 9.85. The van der Waals surface area contributed by atoms with Crippen molar-refractivity contribution >= 4 is 63.0 Å². The third-order valence-corrected chi connectivity index (χ3v) is 5.31. The van der Waals surface area contributed by atoms with Gasteiger partial charge in [0, 0.05) is 63.0 Å². The molecule has 0 aliphatic carbocycles. The summed E-state index contributed by atoms with van der Waals surface area (Å²) >= 11 is 2.38. The Hall–Kier alpha value is -2.57. The Morgan fingerprint density at radius 2 is 1.43 bits per heavy atom. The Bertz CT molecular complexity index is 1120. The van der Waals surface area contributed by atoms with Crippen LogP contribution >= 0.6 is 22.6 Å². The highest BCUT2D eigenvalue weighted by Crippen LogP contribution is 2.30. The average Bonchev–Trinajstić information content (AvgIpc) is 3.42. The highest BCUT2D eigenvalue weighted by atomic mass is 127. The van der Waals surface area contributed by atoms with Gasteiger partial charge in [0.1, 0.15) is 23.1 Å². The maximum absolute atomic E-state index is 4.54. The van der Waals surface area contributed by atoms with Gasteiger partial charge in [0.25, 0.3) is 0 Å². The summed E-state index contributed by atoms with van der Waals surface area (Å²) < 4.78 is 2.47. The van der Waals surface area contributed by atoms with E-state index in [1.807, 2.05) is 38.0 Å². The SMILES string of the molecule is CC(C)(C)I.CCCNc1nc(NC)c2c(n1)N(C)CC2.CCCNc1nc(NC)c2ccn(C)c2n1. The summed E-state index contributed by atoms with van der Waals surface area (Å²) in [4.78, 5) is 20.1. The second kappa shape index (κ2) is 14.4. The lowest BCUT2D eigenvalue weighted by Gasteiger charge is -2.14. The maximum Gasteiger partial charge on any atom is 0.226 e. The first-order valence-corrected chi connectivity index (χ1v) is 14.1. The number of hydrogen-bond acceptors (Lipinski definition) is 9. The molecule has 0 saturated heterocycles. The molecule has 0 fully saturated rings. The van der Waals surface area contributed by atoms with Crippen LogP contribution in [0, 0.1) is 0 Å². The number of likely N-dealkylation sites (N-methyl/N-ethyl adjacent to an activating group) is 1. The summed E-state index contributed by atoms with van der Waals surface area (Å²) in [5, 5.41) is 13.7. The predicted octanol–water partition coefficient (Wildman–Crippen LogP) is 5.38. The number of aromatic nitrogens is 5. The Morgan fingerprint density at radius 3 is 1.97 bits per heavy atom. The van der Waals surface area contributed by atoms with Gasteiger partial charge in [-0.1, -0.05) is 57.2 Å². The molecule has 1 aliphatic heterocycles. The molecule has 0 unspecified atom stereocenters. The first kappa shape index (κ1) is 30.7. The molecule has 0 aromatic carbocycles.